The van der Waals surface area contributed by atoms with Crippen LogP contribution in [-0.4, -0.2) is 15.8 Å². The van der Waals surface area contributed by atoms with Gasteiger partial charge in [-0.15, -0.1) is 0 Å². The fourth-order valence-corrected chi connectivity index (χ4v) is 2.13. The fraction of sp³-hybridized carbons (Fsp3) is 0.118. The van der Waals surface area contributed by atoms with E-state index in [-0.39, 0.29) is 5.78 Å². The topological polar surface area (TPSA) is 42.9 Å². The molecule has 98 valence electrons. The van der Waals surface area contributed by atoms with Crippen LogP contribution < -0.4 is 0 Å². The number of hydrogen-bond acceptors (Lipinski definition) is 3. The first-order valence-corrected chi connectivity index (χ1v) is 6.52. The molecule has 0 N–H and O–H groups in total. The van der Waals surface area contributed by atoms with Crippen molar-refractivity contribution in [2.45, 2.75) is 13.3 Å². The van der Waals surface area contributed by atoms with E-state index >= 15 is 0 Å². The van der Waals surface area contributed by atoms with E-state index in [0.29, 0.717) is 12.0 Å². The molecule has 0 saturated carbocycles. The normalized spacial score (nSPS) is 10.7. The van der Waals surface area contributed by atoms with Crippen LogP contribution in [0.3, 0.4) is 0 Å². The number of Topliss-reactive ketones (excluding diaryl/α,β-unsaturated/α-hetero) is 1. The van der Waals surface area contributed by atoms with Crippen LogP contribution in [-0.2, 0) is 6.42 Å². The molecule has 0 aliphatic carbocycles. The maximum atomic E-state index is 12.3. The van der Waals surface area contributed by atoms with Gasteiger partial charge in [-0.3, -0.25) is 14.8 Å². The molecule has 3 nitrogen and oxygen atoms in total. The maximum absolute atomic E-state index is 12.3. The lowest BCUT2D eigenvalue weighted by atomic mass is 10.0. The highest BCUT2D eigenvalue weighted by atomic mass is 16.1. The molecule has 0 atom stereocenters. The van der Waals surface area contributed by atoms with Crippen molar-refractivity contribution >= 4 is 16.8 Å². The Hall–Kier alpha value is -2.55. The van der Waals surface area contributed by atoms with Crippen LogP contribution in [0.2, 0.25) is 0 Å². The minimum atomic E-state index is 0.0985. The van der Waals surface area contributed by atoms with E-state index in [4.69, 9.17) is 0 Å². The average molecular weight is 262 g/mol. The largest absolute Gasteiger partial charge is 0.294 e. The first-order chi connectivity index (χ1) is 9.72. The van der Waals surface area contributed by atoms with Gasteiger partial charge in [0, 0.05) is 24.4 Å². The molecule has 2 aromatic carbocycles. The summed E-state index contributed by atoms with van der Waals surface area (Å²) in [5.74, 6) is 0.0985. The van der Waals surface area contributed by atoms with Crippen LogP contribution in [0.1, 0.15) is 21.5 Å². The van der Waals surface area contributed by atoms with E-state index < -0.39 is 0 Å². The van der Waals surface area contributed by atoms with Crippen molar-refractivity contribution in [3.63, 3.8) is 0 Å². The SMILES string of the molecule is Cc1ccc(CC(=O)c2ccc3nccnc3c2)cc1. The van der Waals surface area contributed by atoms with Crippen LogP contribution in [0.4, 0.5) is 0 Å². The van der Waals surface area contributed by atoms with E-state index in [1.807, 2.05) is 43.3 Å². The third-order valence-electron chi connectivity index (χ3n) is 3.28. The number of nitrogens with zero attached hydrogens (tertiary/aromatic N) is 2. The van der Waals surface area contributed by atoms with Crippen LogP contribution in [0.15, 0.2) is 54.9 Å². The molecule has 0 spiro atoms. The quantitative estimate of drug-likeness (QED) is 0.680. The van der Waals surface area contributed by atoms with Gasteiger partial charge in [-0.25, -0.2) is 0 Å². The van der Waals surface area contributed by atoms with Crippen LogP contribution >= 0.6 is 0 Å². The number of carbonyl (C=O) groups excluding carboxylic acids is 1. The van der Waals surface area contributed by atoms with Gasteiger partial charge in [0.15, 0.2) is 5.78 Å². The lowest BCUT2D eigenvalue weighted by molar-refractivity contribution is 0.0993. The van der Waals surface area contributed by atoms with Gasteiger partial charge in [0.2, 0.25) is 0 Å². The molecule has 0 saturated heterocycles. The van der Waals surface area contributed by atoms with Crippen molar-refractivity contribution in [3.05, 3.63) is 71.5 Å². The predicted molar refractivity (Wildman–Crippen MR) is 78.8 cm³/mol. The first kappa shape index (κ1) is 12.5. The highest BCUT2D eigenvalue weighted by Crippen LogP contribution is 2.14. The van der Waals surface area contributed by atoms with Crippen molar-refractivity contribution in [3.8, 4) is 0 Å². The number of carbonyl (C=O) groups is 1. The zero-order chi connectivity index (χ0) is 13.9. The molecule has 3 aromatic rings. The molecular formula is C17H14N2O. The number of hydrogen-bond donors (Lipinski definition) is 0. The molecule has 1 aromatic heterocycles. The van der Waals surface area contributed by atoms with Crippen molar-refractivity contribution < 1.29 is 4.79 Å². The molecule has 0 aliphatic heterocycles. The molecule has 0 aliphatic rings. The number of aryl methyl sites for hydroxylation is 1. The summed E-state index contributed by atoms with van der Waals surface area (Å²) in [6, 6.07) is 13.5. The van der Waals surface area contributed by atoms with E-state index in [0.717, 1.165) is 16.6 Å². The third-order valence-corrected chi connectivity index (χ3v) is 3.28. The van der Waals surface area contributed by atoms with Crippen LogP contribution in [0.5, 0.6) is 0 Å². The maximum Gasteiger partial charge on any atom is 0.167 e. The summed E-state index contributed by atoms with van der Waals surface area (Å²) in [7, 11) is 0. The van der Waals surface area contributed by atoms with Crippen LogP contribution in [0.25, 0.3) is 11.0 Å². The van der Waals surface area contributed by atoms with Crippen molar-refractivity contribution in [1.82, 2.24) is 9.97 Å². The van der Waals surface area contributed by atoms with Gasteiger partial charge < -0.3 is 0 Å². The summed E-state index contributed by atoms with van der Waals surface area (Å²) in [6.07, 6.45) is 3.69. The Morgan fingerprint density at radius 3 is 2.40 bits per heavy atom. The molecule has 0 amide bonds. The monoisotopic (exact) mass is 262 g/mol. The summed E-state index contributed by atoms with van der Waals surface area (Å²) >= 11 is 0. The Morgan fingerprint density at radius 1 is 0.950 bits per heavy atom. The van der Waals surface area contributed by atoms with Crippen molar-refractivity contribution in [2.75, 3.05) is 0 Å². The number of benzene rings is 2. The molecule has 0 bridgehead atoms. The Kier molecular flexibility index (Phi) is 3.25. The van der Waals surface area contributed by atoms with E-state index in [1.54, 1.807) is 18.5 Å². The van der Waals surface area contributed by atoms with Gasteiger partial charge in [0.05, 0.1) is 11.0 Å². The lowest BCUT2D eigenvalue weighted by Gasteiger charge is -2.03. The van der Waals surface area contributed by atoms with E-state index in [9.17, 15) is 4.79 Å². The van der Waals surface area contributed by atoms with E-state index in [1.165, 1.54) is 5.56 Å². The van der Waals surface area contributed by atoms with Crippen molar-refractivity contribution in [2.24, 2.45) is 0 Å². The summed E-state index contributed by atoms with van der Waals surface area (Å²) in [4.78, 5) is 20.7. The van der Waals surface area contributed by atoms with Gasteiger partial charge in [0.1, 0.15) is 0 Å². The highest BCUT2D eigenvalue weighted by Gasteiger charge is 2.08. The van der Waals surface area contributed by atoms with Gasteiger partial charge >= 0.3 is 0 Å². The van der Waals surface area contributed by atoms with Gasteiger partial charge in [-0.2, -0.15) is 0 Å². The smallest absolute Gasteiger partial charge is 0.167 e. The molecule has 0 unspecified atom stereocenters. The molecular weight excluding hydrogens is 248 g/mol. The number of aromatic nitrogens is 2. The zero-order valence-electron chi connectivity index (χ0n) is 11.2. The van der Waals surface area contributed by atoms with Gasteiger partial charge in [-0.1, -0.05) is 29.8 Å². The minimum absolute atomic E-state index is 0.0985. The predicted octanol–water partition coefficient (Wildman–Crippen LogP) is 3.36. The molecule has 20 heavy (non-hydrogen) atoms. The second kappa shape index (κ2) is 5.21. The molecule has 1 heterocycles. The summed E-state index contributed by atoms with van der Waals surface area (Å²) in [5, 5.41) is 0. The van der Waals surface area contributed by atoms with Gasteiger partial charge in [-0.05, 0) is 30.7 Å². The van der Waals surface area contributed by atoms with Crippen molar-refractivity contribution in [1.29, 1.82) is 0 Å². The third kappa shape index (κ3) is 2.57. The number of rotatable bonds is 3. The second-order valence-electron chi connectivity index (χ2n) is 4.85. The molecule has 3 rings (SSSR count). The second-order valence-corrected chi connectivity index (χ2v) is 4.85. The van der Waals surface area contributed by atoms with Gasteiger partial charge in [0.25, 0.3) is 0 Å². The number of fused-ring (bicyclic) bond motifs is 1. The molecule has 0 radical (unpaired) electrons. The molecule has 0 fully saturated rings. The van der Waals surface area contributed by atoms with E-state index in [2.05, 4.69) is 9.97 Å². The zero-order valence-corrected chi connectivity index (χ0v) is 11.2. The summed E-state index contributed by atoms with van der Waals surface area (Å²) in [6.45, 7) is 2.04. The Morgan fingerprint density at radius 2 is 1.65 bits per heavy atom. The Labute approximate surface area is 117 Å². The summed E-state index contributed by atoms with van der Waals surface area (Å²) < 4.78 is 0. The minimum Gasteiger partial charge on any atom is -0.294 e. The van der Waals surface area contributed by atoms with Crippen LogP contribution in [0, 0.1) is 6.92 Å². The summed E-state index contributed by atoms with van der Waals surface area (Å²) in [5.41, 5.74) is 4.46. The first-order valence-electron chi connectivity index (χ1n) is 6.52. The fourth-order valence-electron chi connectivity index (χ4n) is 2.13. The Balaban J connectivity index is 1.86. The molecule has 3 heteroatoms. The lowest BCUT2D eigenvalue weighted by Crippen LogP contribution is -2.03. The highest BCUT2D eigenvalue weighted by molar-refractivity contribution is 5.99. The Bertz CT molecular complexity index is 763. The average Bonchev–Trinajstić information content (AvgIpc) is 2.49. The standard InChI is InChI=1S/C17H14N2O/c1-12-2-4-13(5-3-12)10-17(20)14-6-7-15-16(11-14)19-9-8-18-15/h2-9,11H,10H2,1H3. The number of ketones is 1.